The zero-order valence-electron chi connectivity index (χ0n) is 19.8. The molecule has 4 rings (SSSR count). The van der Waals surface area contributed by atoms with Crippen molar-refractivity contribution in [3.05, 3.63) is 61.7 Å². The lowest BCUT2D eigenvalue weighted by molar-refractivity contribution is -0.113. The molecule has 0 saturated heterocycles. The third-order valence-electron chi connectivity index (χ3n) is 5.75. The summed E-state index contributed by atoms with van der Waals surface area (Å²) in [7, 11) is 0. The molecule has 1 amide bonds. The largest absolute Gasteiger partial charge is 0.462 e. The van der Waals surface area contributed by atoms with Crippen LogP contribution in [0.2, 0.25) is 5.02 Å². The van der Waals surface area contributed by atoms with Gasteiger partial charge in [-0.25, -0.2) is 4.79 Å². The number of fused-ring (bicyclic) bond motifs is 1. The Morgan fingerprint density at radius 3 is 2.64 bits per heavy atom. The number of carbonyl (C=O) groups is 2. The van der Waals surface area contributed by atoms with Gasteiger partial charge in [-0.2, -0.15) is 4.98 Å². The van der Waals surface area contributed by atoms with E-state index in [2.05, 4.69) is 10.3 Å². The zero-order valence-corrected chi connectivity index (χ0v) is 22.2. The fraction of sp³-hybridized carbons (Fsp3) is 0.360. The lowest BCUT2D eigenvalue weighted by atomic mass is 9.96. The second-order valence-electron chi connectivity index (χ2n) is 8.29. The van der Waals surface area contributed by atoms with E-state index in [9.17, 15) is 14.4 Å². The van der Waals surface area contributed by atoms with Gasteiger partial charge >= 0.3 is 5.97 Å². The summed E-state index contributed by atoms with van der Waals surface area (Å²) in [6.45, 7) is 2.03. The van der Waals surface area contributed by atoms with Crippen LogP contribution in [0.5, 0.6) is 0 Å². The minimum atomic E-state index is -0.497. The van der Waals surface area contributed by atoms with Crippen LogP contribution in [0, 0.1) is 0 Å². The maximum Gasteiger partial charge on any atom is 0.341 e. The first-order valence-corrected chi connectivity index (χ1v) is 13.9. The molecule has 1 aliphatic carbocycles. The summed E-state index contributed by atoms with van der Waals surface area (Å²) in [5.41, 5.74) is 7.74. The molecule has 0 bridgehead atoms. The number of anilines is 2. The molecule has 0 unspecified atom stereocenters. The summed E-state index contributed by atoms with van der Waals surface area (Å²) in [6, 6.07) is 8.14. The Balaban J connectivity index is 1.57. The Kier molecular flexibility index (Phi) is 8.71. The number of thioether (sulfide) groups is 1. The number of aromatic nitrogens is 2. The predicted molar refractivity (Wildman–Crippen MR) is 145 cm³/mol. The van der Waals surface area contributed by atoms with E-state index in [-0.39, 0.29) is 29.2 Å². The number of carbonyl (C=O) groups excluding carboxylic acids is 2. The highest BCUT2D eigenvalue weighted by molar-refractivity contribution is 7.99. The molecule has 0 fully saturated rings. The molecule has 0 saturated carbocycles. The fourth-order valence-electron chi connectivity index (χ4n) is 4.14. The highest BCUT2D eigenvalue weighted by atomic mass is 35.5. The number of amides is 1. The quantitative estimate of drug-likeness (QED) is 0.241. The van der Waals surface area contributed by atoms with Gasteiger partial charge in [0.1, 0.15) is 10.8 Å². The molecule has 0 radical (unpaired) electrons. The maximum absolute atomic E-state index is 13.0. The van der Waals surface area contributed by atoms with Crippen molar-refractivity contribution in [3.8, 4) is 5.69 Å². The van der Waals surface area contributed by atoms with Crippen LogP contribution >= 0.6 is 34.7 Å². The monoisotopic (exact) mass is 546 g/mol. The number of nitrogens with one attached hydrogen (secondary N) is 1. The summed E-state index contributed by atoms with van der Waals surface area (Å²) in [6.07, 6.45) is 6.03. The number of nitrogens with two attached hydrogens (primary N) is 1. The minimum absolute atomic E-state index is 0.0334. The molecule has 2 aromatic heterocycles. The second kappa shape index (κ2) is 11.9. The number of thiophene rings is 1. The first kappa shape index (κ1) is 26.2. The van der Waals surface area contributed by atoms with Crippen molar-refractivity contribution in [2.75, 3.05) is 23.4 Å². The van der Waals surface area contributed by atoms with Crippen molar-refractivity contribution >= 4 is 57.4 Å². The van der Waals surface area contributed by atoms with Crippen molar-refractivity contribution in [2.45, 2.75) is 50.6 Å². The van der Waals surface area contributed by atoms with Gasteiger partial charge in [-0.05, 0) is 62.4 Å². The number of aryl methyl sites for hydroxylation is 1. The van der Waals surface area contributed by atoms with Crippen LogP contribution in [0.15, 0.2) is 40.3 Å². The standard InChI is InChI=1S/C25H27ClN4O4S2/c1-2-34-24(33)22-17-7-5-3-4-6-8-18(17)36-23(22)28-21(32)14-35-25-29-20(31)13-19(27)30(25)16-11-9-15(26)10-12-16/h9-13H,2-8,14,27H2,1H3,(H,28,32). The van der Waals surface area contributed by atoms with Crippen LogP contribution in [0.3, 0.4) is 0 Å². The normalized spacial score (nSPS) is 13.4. The van der Waals surface area contributed by atoms with E-state index in [0.717, 1.165) is 60.7 Å². The molecule has 3 N–H and O–H groups in total. The number of nitrogen functional groups attached to an aromatic ring is 1. The summed E-state index contributed by atoms with van der Waals surface area (Å²) >= 11 is 8.53. The Morgan fingerprint density at radius 2 is 1.92 bits per heavy atom. The summed E-state index contributed by atoms with van der Waals surface area (Å²) in [5.74, 6) is -0.566. The zero-order chi connectivity index (χ0) is 25.7. The van der Waals surface area contributed by atoms with E-state index in [1.165, 1.54) is 17.4 Å². The van der Waals surface area contributed by atoms with Gasteiger partial charge in [0.25, 0.3) is 5.56 Å². The number of hydrogen-bond acceptors (Lipinski definition) is 8. The Morgan fingerprint density at radius 1 is 1.19 bits per heavy atom. The van der Waals surface area contributed by atoms with Crippen molar-refractivity contribution in [2.24, 2.45) is 0 Å². The average molecular weight is 547 g/mol. The van der Waals surface area contributed by atoms with E-state index in [4.69, 9.17) is 22.1 Å². The number of hydrogen-bond donors (Lipinski definition) is 2. The molecular weight excluding hydrogens is 520 g/mol. The van der Waals surface area contributed by atoms with E-state index >= 15 is 0 Å². The topological polar surface area (TPSA) is 116 Å². The van der Waals surface area contributed by atoms with Crippen LogP contribution < -0.4 is 16.6 Å². The van der Waals surface area contributed by atoms with Gasteiger partial charge < -0.3 is 15.8 Å². The van der Waals surface area contributed by atoms with Crippen molar-refractivity contribution in [1.82, 2.24) is 9.55 Å². The molecule has 0 aliphatic heterocycles. The Hall–Kier alpha value is -2.82. The number of rotatable bonds is 7. The van der Waals surface area contributed by atoms with Crippen molar-refractivity contribution < 1.29 is 14.3 Å². The number of ether oxygens (including phenoxy) is 1. The molecular formula is C25H27ClN4O4S2. The maximum atomic E-state index is 13.0. The summed E-state index contributed by atoms with van der Waals surface area (Å²) < 4.78 is 6.91. The first-order chi connectivity index (χ1) is 17.4. The van der Waals surface area contributed by atoms with Gasteiger partial charge in [-0.3, -0.25) is 14.2 Å². The Labute approximate surface area is 222 Å². The van der Waals surface area contributed by atoms with Gasteiger partial charge in [-0.15, -0.1) is 11.3 Å². The van der Waals surface area contributed by atoms with Gasteiger partial charge in [0.2, 0.25) is 5.91 Å². The molecule has 3 aromatic rings. The van der Waals surface area contributed by atoms with Crippen LogP contribution in [0.1, 0.15) is 53.4 Å². The number of esters is 1. The summed E-state index contributed by atoms with van der Waals surface area (Å²) in [5, 5.41) is 4.26. The molecule has 36 heavy (non-hydrogen) atoms. The molecule has 11 heteroatoms. The molecule has 8 nitrogen and oxygen atoms in total. The number of halogens is 1. The van der Waals surface area contributed by atoms with Crippen LogP contribution in [0.25, 0.3) is 5.69 Å². The number of benzene rings is 1. The van der Waals surface area contributed by atoms with Gasteiger partial charge in [-0.1, -0.05) is 36.2 Å². The van der Waals surface area contributed by atoms with E-state index in [1.54, 1.807) is 35.8 Å². The molecule has 0 atom stereocenters. The highest BCUT2D eigenvalue weighted by Crippen LogP contribution is 2.38. The van der Waals surface area contributed by atoms with Crippen molar-refractivity contribution in [1.29, 1.82) is 0 Å². The molecule has 2 heterocycles. The van der Waals surface area contributed by atoms with Crippen molar-refractivity contribution in [3.63, 3.8) is 0 Å². The van der Waals surface area contributed by atoms with Gasteiger partial charge in [0.05, 0.1) is 17.9 Å². The molecule has 190 valence electrons. The fourth-order valence-corrected chi connectivity index (χ4v) is 6.39. The third-order valence-corrected chi connectivity index (χ3v) is 8.15. The lowest BCUT2D eigenvalue weighted by Gasteiger charge is -2.15. The van der Waals surface area contributed by atoms with Crippen LogP contribution in [-0.2, 0) is 22.4 Å². The predicted octanol–water partition coefficient (Wildman–Crippen LogP) is 5.10. The smallest absolute Gasteiger partial charge is 0.341 e. The summed E-state index contributed by atoms with van der Waals surface area (Å²) in [4.78, 5) is 43.0. The van der Waals surface area contributed by atoms with E-state index < -0.39 is 11.5 Å². The average Bonchev–Trinajstić information content (AvgIpc) is 3.14. The SMILES string of the molecule is CCOC(=O)c1c(NC(=O)CSc2nc(=O)cc(N)n2-c2ccc(Cl)cc2)sc2c1CCCCCC2. The van der Waals surface area contributed by atoms with Crippen LogP contribution in [0.4, 0.5) is 10.8 Å². The highest BCUT2D eigenvalue weighted by Gasteiger charge is 2.26. The lowest BCUT2D eigenvalue weighted by Crippen LogP contribution is -2.20. The minimum Gasteiger partial charge on any atom is -0.462 e. The van der Waals surface area contributed by atoms with Gasteiger partial charge in [0, 0.05) is 21.7 Å². The Bertz CT molecular complexity index is 1320. The molecule has 1 aliphatic rings. The molecule has 0 spiro atoms. The van der Waals surface area contributed by atoms with Crippen LogP contribution in [-0.4, -0.2) is 33.8 Å². The van der Waals surface area contributed by atoms with Gasteiger partial charge in [0.15, 0.2) is 5.16 Å². The second-order valence-corrected chi connectivity index (χ2v) is 10.8. The molecule has 1 aromatic carbocycles. The first-order valence-electron chi connectivity index (χ1n) is 11.8. The van der Waals surface area contributed by atoms with E-state index in [1.807, 2.05) is 0 Å². The third kappa shape index (κ3) is 6.11. The van der Waals surface area contributed by atoms with E-state index in [0.29, 0.717) is 21.3 Å². The number of nitrogens with zero attached hydrogens (tertiary/aromatic N) is 2.